The Morgan fingerprint density at radius 1 is 1.67 bits per heavy atom. The van der Waals surface area contributed by atoms with Gasteiger partial charge in [-0.15, -0.1) is 0 Å². The molecule has 0 aliphatic carbocycles. The van der Waals surface area contributed by atoms with Crippen molar-refractivity contribution < 1.29 is 4.74 Å². The lowest BCUT2D eigenvalue weighted by Gasteiger charge is -2.23. The minimum atomic E-state index is -1.03. The van der Waals surface area contributed by atoms with Crippen LogP contribution in [0.1, 0.15) is 6.42 Å². The average Bonchev–Trinajstić information content (AvgIpc) is 1.63. The van der Waals surface area contributed by atoms with Crippen molar-refractivity contribution in [2.75, 3.05) is 7.11 Å². The summed E-state index contributed by atoms with van der Waals surface area (Å²) in [7, 11) is 2.37. The highest BCUT2D eigenvalue weighted by atomic mass is 28.1. The van der Waals surface area contributed by atoms with Gasteiger partial charge in [-0.3, -0.25) is 11.5 Å². The first-order valence-electron chi connectivity index (χ1n) is 2.86. The van der Waals surface area contributed by atoms with Crippen molar-refractivity contribution in [3.63, 3.8) is 0 Å². The summed E-state index contributed by atoms with van der Waals surface area (Å²) in [6, 6.07) is 0. The van der Waals surface area contributed by atoms with Crippen molar-refractivity contribution in [2.24, 2.45) is 17.2 Å². The Bertz CT molecular complexity index is 85.9. The van der Waals surface area contributed by atoms with Crippen molar-refractivity contribution >= 4 is 10.2 Å². The molecule has 0 aromatic rings. The van der Waals surface area contributed by atoms with Crippen LogP contribution in [-0.4, -0.2) is 28.9 Å². The zero-order valence-electron chi connectivity index (χ0n) is 5.92. The number of hydrogen-bond acceptors (Lipinski definition) is 4. The molecule has 0 fully saturated rings. The van der Waals surface area contributed by atoms with E-state index in [1.54, 1.807) is 0 Å². The van der Waals surface area contributed by atoms with Crippen molar-refractivity contribution in [3.8, 4) is 0 Å². The first-order valence-corrected chi connectivity index (χ1v) is 4.02. The first kappa shape index (κ1) is 9.06. The van der Waals surface area contributed by atoms with E-state index in [0.29, 0.717) is 6.42 Å². The summed E-state index contributed by atoms with van der Waals surface area (Å²) in [5, 5.41) is 0. The van der Waals surface area contributed by atoms with Crippen LogP contribution in [0.25, 0.3) is 0 Å². The van der Waals surface area contributed by atoms with Gasteiger partial charge in [0.1, 0.15) is 0 Å². The maximum absolute atomic E-state index is 5.48. The van der Waals surface area contributed by atoms with Gasteiger partial charge >= 0.3 is 0 Å². The van der Waals surface area contributed by atoms with E-state index in [9.17, 15) is 0 Å². The number of rotatable bonds is 3. The minimum absolute atomic E-state index is 0.111. The third-order valence-electron chi connectivity index (χ3n) is 1.02. The molecule has 0 rings (SSSR count). The molecule has 0 radical (unpaired) electrons. The van der Waals surface area contributed by atoms with Gasteiger partial charge < -0.3 is 10.5 Å². The summed E-state index contributed by atoms with van der Waals surface area (Å²) in [6.07, 6.45) is 0.524. The third-order valence-corrected chi connectivity index (χ3v) is 1.43. The SMILES string of the molecule is COC(N)(N)CC(N)[SiH3]. The second-order valence-corrected chi connectivity index (χ2v) is 3.82. The molecule has 0 saturated carbocycles. The summed E-state index contributed by atoms with van der Waals surface area (Å²) in [5.74, 6) is -1.03. The summed E-state index contributed by atoms with van der Waals surface area (Å²) in [4.78, 5) is 0. The lowest BCUT2D eigenvalue weighted by molar-refractivity contribution is -0.00691. The van der Waals surface area contributed by atoms with E-state index in [1.165, 1.54) is 7.11 Å². The van der Waals surface area contributed by atoms with E-state index in [1.807, 2.05) is 0 Å². The molecule has 0 aliphatic heterocycles. The first-order chi connectivity index (χ1) is 3.98. The molecule has 0 aliphatic rings. The second kappa shape index (κ2) is 3.28. The van der Waals surface area contributed by atoms with Gasteiger partial charge in [0.2, 0.25) is 0 Å². The maximum Gasteiger partial charge on any atom is 0.170 e. The Balaban J connectivity index is 3.58. The molecule has 1 unspecified atom stereocenters. The van der Waals surface area contributed by atoms with Gasteiger partial charge in [-0.2, -0.15) is 0 Å². The van der Waals surface area contributed by atoms with Gasteiger partial charge in [-0.05, 0) is 5.67 Å². The predicted molar refractivity (Wildman–Crippen MR) is 40.6 cm³/mol. The maximum atomic E-state index is 5.48. The van der Waals surface area contributed by atoms with E-state index in [0.717, 1.165) is 10.2 Å². The Kier molecular flexibility index (Phi) is 3.30. The largest absolute Gasteiger partial charge is 0.351 e. The van der Waals surface area contributed by atoms with Gasteiger partial charge in [0, 0.05) is 23.8 Å². The van der Waals surface area contributed by atoms with E-state index in [-0.39, 0.29) is 5.67 Å². The normalized spacial score (nSPS) is 16.0. The van der Waals surface area contributed by atoms with Gasteiger partial charge in [-0.1, -0.05) is 0 Å². The van der Waals surface area contributed by atoms with Crippen LogP contribution >= 0.6 is 0 Å². The Morgan fingerprint density at radius 2 is 2.11 bits per heavy atom. The smallest absolute Gasteiger partial charge is 0.170 e. The standard InChI is InChI=1S/C4H15N3OSi/c1-8-4(6,7)2-3(5)9/h3H,2,5-7H2,1,9H3. The number of nitrogens with two attached hydrogens (primary N) is 3. The number of methoxy groups -OCH3 is 1. The fraction of sp³-hybridized carbons (Fsp3) is 1.00. The van der Waals surface area contributed by atoms with Crippen molar-refractivity contribution in [1.29, 1.82) is 0 Å². The molecule has 5 heteroatoms. The Labute approximate surface area is 58.1 Å². The molecule has 0 saturated heterocycles. The zero-order chi connectivity index (χ0) is 7.49. The summed E-state index contributed by atoms with van der Waals surface area (Å²) < 4.78 is 4.75. The van der Waals surface area contributed by atoms with Gasteiger partial charge in [-0.25, -0.2) is 0 Å². The molecule has 0 bridgehead atoms. The Morgan fingerprint density at radius 3 is 2.22 bits per heavy atom. The van der Waals surface area contributed by atoms with Crippen molar-refractivity contribution in [1.82, 2.24) is 0 Å². The lowest BCUT2D eigenvalue weighted by Crippen LogP contribution is -2.54. The molecular weight excluding hydrogens is 134 g/mol. The van der Waals surface area contributed by atoms with Crippen molar-refractivity contribution in [2.45, 2.75) is 17.9 Å². The van der Waals surface area contributed by atoms with Crippen LogP contribution in [0.5, 0.6) is 0 Å². The number of hydrogen-bond donors (Lipinski definition) is 3. The molecule has 0 heterocycles. The molecule has 56 valence electrons. The molecule has 0 amide bonds. The predicted octanol–water partition coefficient (Wildman–Crippen LogP) is -2.76. The number of ether oxygens (including phenoxy) is 1. The Hall–Kier alpha value is 0.0569. The van der Waals surface area contributed by atoms with Gasteiger partial charge in [0.25, 0.3) is 0 Å². The second-order valence-electron chi connectivity index (χ2n) is 2.34. The van der Waals surface area contributed by atoms with Crippen LogP contribution in [0, 0.1) is 0 Å². The van der Waals surface area contributed by atoms with E-state index in [4.69, 9.17) is 21.9 Å². The van der Waals surface area contributed by atoms with Crippen LogP contribution in [0.3, 0.4) is 0 Å². The van der Waals surface area contributed by atoms with E-state index >= 15 is 0 Å². The van der Waals surface area contributed by atoms with Gasteiger partial charge in [0.15, 0.2) is 5.85 Å². The third kappa shape index (κ3) is 4.55. The van der Waals surface area contributed by atoms with Gasteiger partial charge in [0.05, 0.1) is 0 Å². The molecule has 1 atom stereocenters. The van der Waals surface area contributed by atoms with Crippen molar-refractivity contribution in [3.05, 3.63) is 0 Å². The minimum Gasteiger partial charge on any atom is -0.351 e. The van der Waals surface area contributed by atoms with Crippen LogP contribution in [0.15, 0.2) is 0 Å². The van der Waals surface area contributed by atoms with Crippen LogP contribution in [0.4, 0.5) is 0 Å². The highest BCUT2D eigenvalue weighted by molar-refractivity contribution is 6.11. The monoisotopic (exact) mass is 149 g/mol. The highest BCUT2D eigenvalue weighted by Crippen LogP contribution is 1.98. The summed E-state index contributed by atoms with van der Waals surface area (Å²) in [5.41, 5.74) is 16.4. The molecular formula is C4H15N3OSi. The van der Waals surface area contributed by atoms with Crippen LogP contribution < -0.4 is 17.2 Å². The summed E-state index contributed by atoms with van der Waals surface area (Å²) in [6.45, 7) is 0. The topological polar surface area (TPSA) is 87.3 Å². The molecule has 9 heavy (non-hydrogen) atoms. The molecule has 4 nitrogen and oxygen atoms in total. The summed E-state index contributed by atoms with van der Waals surface area (Å²) >= 11 is 0. The molecule has 0 spiro atoms. The zero-order valence-corrected chi connectivity index (χ0v) is 7.92. The van der Waals surface area contributed by atoms with E-state index in [2.05, 4.69) is 0 Å². The molecule has 0 aromatic heterocycles. The lowest BCUT2D eigenvalue weighted by atomic mass is 10.3. The van der Waals surface area contributed by atoms with Crippen LogP contribution in [-0.2, 0) is 4.74 Å². The molecule has 0 aromatic carbocycles. The fourth-order valence-electron chi connectivity index (χ4n) is 0.587. The van der Waals surface area contributed by atoms with E-state index < -0.39 is 5.85 Å². The average molecular weight is 149 g/mol. The highest BCUT2D eigenvalue weighted by Gasteiger charge is 2.18. The fourth-order valence-corrected chi connectivity index (χ4v) is 1.22. The van der Waals surface area contributed by atoms with Crippen LogP contribution in [0.2, 0.25) is 0 Å². The quantitative estimate of drug-likeness (QED) is 0.300. The molecule has 6 N–H and O–H groups in total.